The Morgan fingerprint density at radius 2 is 1.84 bits per heavy atom. The van der Waals surface area contributed by atoms with E-state index in [-0.39, 0.29) is 23.6 Å². The molecule has 192 valence electrons. The van der Waals surface area contributed by atoms with Crippen molar-refractivity contribution in [2.45, 2.75) is 42.8 Å². The maximum Gasteiger partial charge on any atom is 0.237 e. The van der Waals surface area contributed by atoms with E-state index in [0.29, 0.717) is 39.6 Å². The molecule has 0 saturated carbocycles. The Labute approximate surface area is 227 Å². The van der Waals surface area contributed by atoms with Crippen molar-refractivity contribution in [3.05, 3.63) is 82.2 Å². The summed E-state index contributed by atoms with van der Waals surface area (Å²) in [7, 11) is 0. The maximum absolute atomic E-state index is 13.2. The molecule has 2 aromatic carbocycles. The van der Waals surface area contributed by atoms with Gasteiger partial charge in [0.25, 0.3) is 0 Å². The van der Waals surface area contributed by atoms with Gasteiger partial charge in [-0.1, -0.05) is 42.1 Å². The van der Waals surface area contributed by atoms with Gasteiger partial charge in [0.1, 0.15) is 0 Å². The van der Waals surface area contributed by atoms with Crippen LogP contribution in [-0.2, 0) is 16.1 Å². The second-order valence-electron chi connectivity index (χ2n) is 9.24. The van der Waals surface area contributed by atoms with E-state index in [1.165, 1.54) is 11.8 Å². The van der Waals surface area contributed by atoms with Crippen molar-refractivity contribution < 1.29 is 19.1 Å². The molecule has 1 saturated heterocycles. The summed E-state index contributed by atoms with van der Waals surface area (Å²) in [4.78, 5) is 40.1. The van der Waals surface area contributed by atoms with Crippen LogP contribution >= 0.6 is 23.1 Å². The minimum Gasteiger partial charge on any atom is -0.376 e. The second-order valence-corrected chi connectivity index (χ2v) is 11.5. The van der Waals surface area contributed by atoms with E-state index >= 15 is 0 Å². The molecular weight excluding hydrogens is 520 g/mol. The first kappa shape index (κ1) is 24.7. The summed E-state index contributed by atoms with van der Waals surface area (Å²) in [6.45, 7) is 3.18. The minimum absolute atomic E-state index is 0.0917. The molecule has 1 N–H and O–H groups in total. The van der Waals surface area contributed by atoms with Gasteiger partial charge in [-0.3, -0.25) is 19.0 Å². The summed E-state index contributed by atoms with van der Waals surface area (Å²) in [5, 5.41) is 13.9. The number of hydrogen-bond acceptors (Lipinski definition) is 8. The van der Waals surface area contributed by atoms with Crippen LogP contribution < -0.4 is 5.32 Å². The first-order chi connectivity index (χ1) is 18.5. The minimum atomic E-state index is -0.493. The molecule has 1 aliphatic heterocycles. The number of nitrogens with zero attached hydrogens (tertiary/aromatic N) is 3. The summed E-state index contributed by atoms with van der Waals surface area (Å²) in [5.41, 5.74) is 1.88. The van der Waals surface area contributed by atoms with E-state index < -0.39 is 5.25 Å². The third kappa shape index (κ3) is 4.59. The monoisotopic (exact) mass is 544 g/mol. The fourth-order valence-corrected chi connectivity index (χ4v) is 6.33. The van der Waals surface area contributed by atoms with Crippen molar-refractivity contribution in [1.82, 2.24) is 14.8 Å². The van der Waals surface area contributed by atoms with Crippen LogP contribution in [0, 0.1) is 0 Å². The third-order valence-corrected chi connectivity index (χ3v) is 8.66. The number of benzene rings is 2. The highest BCUT2D eigenvalue weighted by molar-refractivity contribution is 8.00. The third-order valence-electron chi connectivity index (χ3n) is 6.71. The van der Waals surface area contributed by atoms with Crippen LogP contribution in [0.15, 0.2) is 65.1 Å². The fourth-order valence-electron chi connectivity index (χ4n) is 4.75. The number of thiophene rings is 1. The highest BCUT2D eigenvalue weighted by Gasteiger charge is 2.30. The molecule has 2 aromatic heterocycles. The summed E-state index contributed by atoms with van der Waals surface area (Å²) in [5.74, 6) is 0.110. The van der Waals surface area contributed by atoms with Crippen LogP contribution in [0.3, 0.4) is 0 Å². The lowest BCUT2D eigenvalue weighted by molar-refractivity contribution is -0.115. The molecule has 8 nitrogen and oxygen atoms in total. The molecule has 6 rings (SSSR count). The van der Waals surface area contributed by atoms with Gasteiger partial charge in [-0.05, 0) is 49.4 Å². The molecule has 38 heavy (non-hydrogen) atoms. The van der Waals surface area contributed by atoms with Crippen LogP contribution in [0.5, 0.6) is 0 Å². The maximum atomic E-state index is 13.2. The number of rotatable bonds is 7. The molecule has 1 aliphatic carbocycles. The largest absolute Gasteiger partial charge is 0.376 e. The topological polar surface area (TPSA) is 103 Å². The number of amides is 1. The number of carbonyl (C=O) groups excluding carboxylic acids is 3. The first-order valence-corrected chi connectivity index (χ1v) is 14.1. The van der Waals surface area contributed by atoms with Crippen molar-refractivity contribution >= 4 is 46.3 Å². The van der Waals surface area contributed by atoms with E-state index in [2.05, 4.69) is 15.5 Å². The van der Waals surface area contributed by atoms with E-state index in [1.807, 2.05) is 22.1 Å². The Morgan fingerprint density at radius 1 is 1.08 bits per heavy atom. The van der Waals surface area contributed by atoms with Crippen LogP contribution in [-0.4, -0.2) is 50.2 Å². The zero-order valence-corrected chi connectivity index (χ0v) is 22.2. The fraction of sp³-hybridized carbons (Fsp3) is 0.250. The Balaban J connectivity index is 1.20. The standard InChI is InChI=1S/C28H24N4O4S2/c1-16(38-28-31-30-26(23-9-5-13-37-23)32(28)15-18-6-4-12-36-18)27(35)29-17-10-11-21-22(14-17)25(34)20-8-3-2-7-19(20)24(21)33/h2-3,5,7-11,13-14,16,18H,4,6,12,15H2,1H3,(H,29,35)/t16-,18-/m1/s1. The number of ketones is 2. The molecule has 2 atom stereocenters. The molecular formula is C28H24N4O4S2. The van der Waals surface area contributed by atoms with Crippen LogP contribution in [0.4, 0.5) is 5.69 Å². The molecule has 0 bridgehead atoms. The number of aromatic nitrogens is 3. The van der Waals surface area contributed by atoms with Crippen LogP contribution in [0.2, 0.25) is 0 Å². The van der Waals surface area contributed by atoms with E-state index in [0.717, 1.165) is 30.2 Å². The number of carbonyl (C=O) groups is 3. The van der Waals surface area contributed by atoms with Crippen molar-refractivity contribution in [2.24, 2.45) is 0 Å². The van der Waals surface area contributed by atoms with Gasteiger partial charge in [0.15, 0.2) is 22.5 Å². The number of ether oxygens (including phenoxy) is 1. The van der Waals surface area contributed by atoms with Gasteiger partial charge in [0.05, 0.1) is 22.8 Å². The normalized spacial score (nSPS) is 17.2. The number of nitrogens with one attached hydrogen (secondary N) is 1. The lowest BCUT2D eigenvalue weighted by Gasteiger charge is -2.19. The van der Waals surface area contributed by atoms with Crippen molar-refractivity contribution in [3.63, 3.8) is 0 Å². The van der Waals surface area contributed by atoms with Crippen molar-refractivity contribution in [2.75, 3.05) is 11.9 Å². The predicted molar refractivity (Wildman–Crippen MR) is 146 cm³/mol. The highest BCUT2D eigenvalue weighted by Crippen LogP contribution is 2.32. The van der Waals surface area contributed by atoms with E-state index in [9.17, 15) is 14.4 Å². The average molecular weight is 545 g/mol. The van der Waals surface area contributed by atoms with Gasteiger partial charge in [0, 0.05) is 34.5 Å². The highest BCUT2D eigenvalue weighted by atomic mass is 32.2. The molecule has 4 aromatic rings. The summed E-state index contributed by atoms with van der Waals surface area (Å²) in [6.07, 6.45) is 2.10. The Hall–Kier alpha value is -3.60. The van der Waals surface area contributed by atoms with E-state index in [4.69, 9.17) is 4.74 Å². The van der Waals surface area contributed by atoms with E-state index in [1.54, 1.807) is 60.7 Å². The van der Waals surface area contributed by atoms with Gasteiger partial charge < -0.3 is 10.1 Å². The average Bonchev–Trinajstić information content (AvgIpc) is 3.71. The first-order valence-electron chi connectivity index (χ1n) is 12.4. The molecule has 10 heteroatoms. The number of fused-ring (bicyclic) bond motifs is 2. The summed E-state index contributed by atoms with van der Waals surface area (Å²) >= 11 is 2.92. The summed E-state index contributed by atoms with van der Waals surface area (Å²) < 4.78 is 7.89. The van der Waals surface area contributed by atoms with Gasteiger partial charge in [0.2, 0.25) is 5.91 Å². The molecule has 3 heterocycles. The predicted octanol–water partition coefficient (Wildman–Crippen LogP) is 5.08. The lowest BCUT2D eigenvalue weighted by atomic mass is 9.84. The second kappa shape index (κ2) is 10.3. The summed E-state index contributed by atoms with van der Waals surface area (Å²) in [6, 6.07) is 15.6. The Morgan fingerprint density at radius 3 is 2.55 bits per heavy atom. The Kier molecular flexibility index (Phi) is 6.69. The van der Waals surface area contributed by atoms with Gasteiger partial charge in [-0.25, -0.2) is 0 Å². The van der Waals surface area contributed by atoms with Gasteiger partial charge >= 0.3 is 0 Å². The molecule has 0 spiro atoms. The van der Waals surface area contributed by atoms with Crippen molar-refractivity contribution in [3.8, 4) is 10.7 Å². The quantitative estimate of drug-likeness (QED) is 0.285. The Bertz CT molecular complexity index is 1540. The van der Waals surface area contributed by atoms with Crippen LogP contribution in [0.1, 0.15) is 51.6 Å². The van der Waals surface area contributed by atoms with Gasteiger partial charge in [-0.15, -0.1) is 21.5 Å². The SMILES string of the molecule is C[C@@H](Sc1nnc(-c2cccs2)n1C[C@H]1CCCO1)C(=O)Nc1ccc2c(c1)C(=O)c1ccccc1C2=O. The van der Waals surface area contributed by atoms with Crippen LogP contribution in [0.25, 0.3) is 10.7 Å². The molecule has 1 fully saturated rings. The zero-order valence-electron chi connectivity index (χ0n) is 20.5. The molecule has 2 aliphatic rings. The lowest BCUT2D eigenvalue weighted by Crippen LogP contribution is -2.25. The molecule has 0 unspecified atom stereocenters. The van der Waals surface area contributed by atoms with Crippen molar-refractivity contribution in [1.29, 1.82) is 0 Å². The number of hydrogen-bond donors (Lipinski definition) is 1. The molecule has 1 amide bonds. The smallest absolute Gasteiger partial charge is 0.237 e. The molecule has 0 radical (unpaired) electrons. The van der Waals surface area contributed by atoms with Gasteiger partial charge in [-0.2, -0.15) is 0 Å². The zero-order chi connectivity index (χ0) is 26.2. The number of thioether (sulfide) groups is 1. The number of anilines is 1.